The summed E-state index contributed by atoms with van der Waals surface area (Å²) in [5.74, 6) is 3.32. The first-order valence-corrected chi connectivity index (χ1v) is 8.02. The zero-order valence-corrected chi connectivity index (χ0v) is 13.3. The molecule has 0 aromatic heterocycles. The molecular formula is C17H26N2O2. The summed E-state index contributed by atoms with van der Waals surface area (Å²) in [5, 5.41) is 3.61. The van der Waals surface area contributed by atoms with Crippen LogP contribution in [0.4, 0.5) is 0 Å². The molecule has 116 valence electrons. The van der Waals surface area contributed by atoms with E-state index >= 15 is 0 Å². The van der Waals surface area contributed by atoms with Crippen molar-refractivity contribution in [1.82, 2.24) is 10.2 Å². The zero-order chi connectivity index (χ0) is 14.8. The predicted octanol–water partition coefficient (Wildman–Crippen LogP) is 2.65. The van der Waals surface area contributed by atoms with Crippen molar-refractivity contribution in [3.8, 4) is 11.5 Å². The SMILES string of the molecule is CCNC(CN1CC(C)C(C)C1)c1ccc2c(c1)OCO2. The van der Waals surface area contributed by atoms with Gasteiger partial charge in [-0.25, -0.2) is 0 Å². The molecule has 0 amide bonds. The van der Waals surface area contributed by atoms with E-state index in [-0.39, 0.29) is 0 Å². The molecule has 4 heteroatoms. The molecule has 0 saturated carbocycles. The number of nitrogens with one attached hydrogen (secondary N) is 1. The maximum atomic E-state index is 5.51. The number of ether oxygens (including phenoxy) is 2. The fraction of sp³-hybridized carbons (Fsp3) is 0.647. The third-order valence-corrected chi connectivity index (χ3v) is 4.75. The topological polar surface area (TPSA) is 33.7 Å². The molecule has 0 bridgehead atoms. The Balaban J connectivity index is 1.72. The molecule has 1 aromatic carbocycles. The summed E-state index contributed by atoms with van der Waals surface area (Å²) >= 11 is 0. The average Bonchev–Trinajstić information content (AvgIpc) is 3.05. The largest absolute Gasteiger partial charge is 0.454 e. The van der Waals surface area contributed by atoms with E-state index in [1.54, 1.807) is 0 Å². The van der Waals surface area contributed by atoms with Crippen LogP contribution in [0.15, 0.2) is 18.2 Å². The predicted molar refractivity (Wildman–Crippen MR) is 83.8 cm³/mol. The summed E-state index contributed by atoms with van der Waals surface area (Å²) in [5.41, 5.74) is 1.29. The van der Waals surface area contributed by atoms with Crippen LogP contribution >= 0.6 is 0 Å². The smallest absolute Gasteiger partial charge is 0.231 e. The third-order valence-electron chi connectivity index (χ3n) is 4.75. The van der Waals surface area contributed by atoms with Gasteiger partial charge in [0.1, 0.15) is 0 Å². The Morgan fingerprint density at radius 2 is 1.90 bits per heavy atom. The van der Waals surface area contributed by atoms with Gasteiger partial charge in [0, 0.05) is 25.7 Å². The molecule has 3 rings (SSSR count). The minimum Gasteiger partial charge on any atom is -0.454 e. The first-order valence-electron chi connectivity index (χ1n) is 8.02. The fourth-order valence-corrected chi connectivity index (χ4v) is 3.32. The summed E-state index contributed by atoms with van der Waals surface area (Å²) in [6.07, 6.45) is 0. The van der Waals surface area contributed by atoms with Gasteiger partial charge in [0.05, 0.1) is 0 Å². The Bertz CT molecular complexity index is 482. The fourth-order valence-electron chi connectivity index (χ4n) is 3.32. The number of hydrogen-bond acceptors (Lipinski definition) is 4. The van der Waals surface area contributed by atoms with Gasteiger partial charge < -0.3 is 19.7 Å². The van der Waals surface area contributed by atoms with Gasteiger partial charge in [-0.05, 0) is 36.1 Å². The van der Waals surface area contributed by atoms with Crippen LogP contribution in [0.3, 0.4) is 0 Å². The van der Waals surface area contributed by atoms with E-state index in [0.29, 0.717) is 12.8 Å². The van der Waals surface area contributed by atoms with Crippen LogP contribution < -0.4 is 14.8 Å². The molecule has 2 heterocycles. The lowest BCUT2D eigenvalue weighted by Gasteiger charge is -2.25. The van der Waals surface area contributed by atoms with Crippen LogP contribution in [0.2, 0.25) is 0 Å². The second-order valence-electron chi connectivity index (χ2n) is 6.40. The van der Waals surface area contributed by atoms with Crippen molar-refractivity contribution in [2.75, 3.05) is 33.0 Å². The lowest BCUT2D eigenvalue weighted by molar-refractivity contribution is 0.174. The van der Waals surface area contributed by atoms with Crippen molar-refractivity contribution in [3.63, 3.8) is 0 Å². The number of nitrogens with zero attached hydrogens (tertiary/aromatic N) is 1. The highest BCUT2D eigenvalue weighted by Gasteiger charge is 2.28. The molecule has 3 atom stereocenters. The maximum absolute atomic E-state index is 5.51. The lowest BCUT2D eigenvalue weighted by atomic mass is 10.0. The van der Waals surface area contributed by atoms with E-state index in [2.05, 4.69) is 43.1 Å². The molecular weight excluding hydrogens is 264 g/mol. The van der Waals surface area contributed by atoms with Crippen LogP contribution in [-0.4, -0.2) is 37.9 Å². The highest BCUT2D eigenvalue weighted by atomic mass is 16.7. The Morgan fingerprint density at radius 3 is 2.62 bits per heavy atom. The second-order valence-corrected chi connectivity index (χ2v) is 6.40. The van der Waals surface area contributed by atoms with Crippen LogP contribution in [0.1, 0.15) is 32.4 Å². The van der Waals surface area contributed by atoms with Crippen LogP contribution in [0.5, 0.6) is 11.5 Å². The third kappa shape index (κ3) is 3.16. The molecule has 4 nitrogen and oxygen atoms in total. The van der Waals surface area contributed by atoms with E-state index in [4.69, 9.17) is 9.47 Å². The molecule has 1 saturated heterocycles. The Kier molecular flexibility index (Phi) is 4.36. The van der Waals surface area contributed by atoms with Crippen molar-refractivity contribution in [1.29, 1.82) is 0 Å². The van der Waals surface area contributed by atoms with Crippen molar-refractivity contribution >= 4 is 0 Å². The first-order chi connectivity index (χ1) is 10.2. The molecule has 0 aliphatic carbocycles. The molecule has 21 heavy (non-hydrogen) atoms. The van der Waals surface area contributed by atoms with Crippen molar-refractivity contribution in [3.05, 3.63) is 23.8 Å². The molecule has 2 aliphatic heterocycles. The van der Waals surface area contributed by atoms with Gasteiger partial charge in [0.15, 0.2) is 11.5 Å². The summed E-state index contributed by atoms with van der Waals surface area (Å²) in [4.78, 5) is 2.58. The Morgan fingerprint density at radius 1 is 1.19 bits per heavy atom. The second kappa shape index (κ2) is 6.24. The number of likely N-dealkylation sites (tertiary alicyclic amines) is 1. The van der Waals surface area contributed by atoms with Gasteiger partial charge in [-0.2, -0.15) is 0 Å². The number of fused-ring (bicyclic) bond motifs is 1. The van der Waals surface area contributed by atoms with Gasteiger partial charge in [-0.1, -0.05) is 26.8 Å². The summed E-state index contributed by atoms with van der Waals surface area (Å²) in [6.45, 7) is 11.6. The molecule has 1 aromatic rings. The monoisotopic (exact) mass is 290 g/mol. The van der Waals surface area contributed by atoms with E-state index in [0.717, 1.165) is 36.4 Å². The van der Waals surface area contributed by atoms with Gasteiger partial charge in [-0.15, -0.1) is 0 Å². The van der Waals surface area contributed by atoms with Gasteiger partial charge >= 0.3 is 0 Å². The highest BCUT2D eigenvalue weighted by molar-refractivity contribution is 5.45. The summed E-state index contributed by atoms with van der Waals surface area (Å²) < 4.78 is 10.9. The van der Waals surface area contributed by atoms with Crippen molar-refractivity contribution < 1.29 is 9.47 Å². The minimum atomic E-state index is 0.339. The van der Waals surface area contributed by atoms with Gasteiger partial charge in [0.2, 0.25) is 6.79 Å². The minimum absolute atomic E-state index is 0.339. The molecule has 0 radical (unpaired) electrons. The highest BCUT2D eigenvalue weighted by Crippen LogP contribution is 2.34. The Labute approximate surface area is 127 Å². The number of rotatable bonds is 5. The van der Waals surface area contributed by atoms with Crippen molar-refractivity contribution in [2.24, 2.45) is 11.8 Å². The van der Waals surface area contributed by atoms with Gasteiger partial charge in [-0.3, -0.25) is 0 Å². The number of hydrogen-bond donors (Lipinski definition) is 1. The van der Waals surface area contributed by atoms with E-state index in [9.17, 15) is 0 Å². The standard InChI is InChI=1S/C17H26N2O2/c1-4-18-15(10-19-8-12(2)13(3)9-19)14-5-6-16-17(7-14)21-11-20-16/h5-7,12-13,15,18H,4,8-11H2,1-3H3. The summed E-state index contributed by atoms with van der Waals surface area (Å²) in [6, 6.07) is 6.65. The van der Waals surface area contributed by atoms with Gasteiger partial charge in [0.25, 0.3) is 0 Å². The quantitative estimate of drug-likeness (QED) is 0.904. The van der Waals surface area contributed by atoms with Crippen LogP contribution in [0, 0.1) is 11.8 Å². The van der Waals surface area contributed by atoms with E-state index in [1.807, 2.05) is 6.07 Å². The number of benzene rings is 1. The van der Waals surface area contributed by atoms with Crippen molar-refractivity contribution in [2.45, 2.75) is 26.8 Å². The van der Waals surface area contributed by atoms with Crippen LogP contribution in [0.25, 0.3) is 0 Å². The molecule has 1 N–H and O–H groups in total. The molecule has 0 spiro atoms. The summed E-state index contributed by atoms with van der Waals surface area (Å²) in [7, 11) is 0. The molecule has 3 unspecified atom stereocenters. The first kappa shape index (κ1) is 14.7. The average molecular weight is 290 g/mol. The molecule has 1 fully saturated rings. The van der Waals surface area contributed by atoms with E-state index in [1.165, 1.54) is 18.7 Å². The molecule has 2 aliphatic rings. The van der Waals surface area contributed by atoms with E-state index < -0.39 is 0 Å². The number of likely N-dealkylation sites (N-methyl/N-ethyl adjacent to an activating group) is 1. The Hall–Kier alpha value is -1.26. The van der Waals surface area contributed by atoms with Crippen LogP contribution in [-0.2, 0) is 0 Å². The normalized spacial score (nSPS) is 26.2. The zero-order valence-electron chi connectivity index (χ0n) is 13.3. The lowest BCUT2D eigenvalue weighted by Crippen LogP contribution is -2.34. The maximum Gasteiger partial charge on any atom is 0.231 e.